The molecule has 1 aliphatic carbocycles. The Morgan fingerprint density at radius 1 is 0.423 bits per heavy atom. The number of anilines is 3. The number of hydrogen-bond acceptors (Lipinski definition) is 5. The van der Waals surface area contributed by atoms with Gasteiger partial charge in [0, 0.05) is 22.4 Å². The van der Waals surface area contributed by atoms with Crippen molar-refractivity contribution in [1.29, 1.82) is 5.26 Å². The van der Waals surface area contributed by atoms with Crippen molar-refractivity contribution in [3.8, 4) is 51.4 Å². The minimum Gasteiger partial charge on any atom is -0.310 e. The molecule has 0 fully saturated rings. The Morgan fingerprint density at radius 3 is 1.38 bits per heavy atom. The number of aromatic nitrogens is 3. The molecule has 7 aromatic carbocycles. The van der Waals surface area contributed by atoms with E-state index in [-0.39, 0.29) is 0 Å². The summed E-state index contributed by atoms with van der Waals surface area (Å²) in [6, 6.07) is 63.3. The molecule has 0 atom stereocenters. The van der Waals surface area contributed by atoms with E-state index in [1.165, 1.54) is 33.4 Å². The molecule has 1 spiro atoms. The number of benzene rings is 7. The van der Waals surface area contributed by atoms with Crippen molar-refractivity contribution in [1.82, 2.24) is 15.0 Å². The van der Waals surface area contributed by atoms with Gasteiger partial charge < -0.3 is 4.90 Å². The van der Waals surface area contributed by atoms with Crippen LogP contribution in [-0.2, 0) is 5.41 Å². The fourth-order valence-electron chi connectivity index (χ4n) is 8.22. The van der Waals surface area contributed by atoms with Crippen molar-refractivity contribution in [3.05, 3.63) is 204 Å². The molecular weight excluding hydrogens is 635 g/mol. The highest BCUT2D eigenvalue weighted by molar-refractivity contribution is 5.96. The van der Waals surface area contributed by atoms with Gasteiger partial charge in [0.2, 0.25) is 0 Å². The van der Waals surface area contributed by atoms with Gasteiger partial charge in [-0.2, -0.15) is 5.26 Å². The largest absolute Gasteiger partial charge is 0.310 e. The Balaban J connectivity index is 1.21. The van der Waals surface area contributed by atoms with Gasteiger partial charge in [0.05, 0.1) is 28.4 Å². The molecule has 2 heterocycles. The van der Waals surface area contributed by atoms with Gasteiger partial charge in [0.25, 0.3) is 0 Å². The fourth-order valence-corrected chi connectivity index (χ4v) is 8.22. The van der Waals surface area contributed by atoms with Gasteiger partial charge in [0.15, 0.2) is 17.5 Å². The number of fused-ring (bicyclic) bond motifs is 9. The van der Waals surface area contributed by atoms with Crippen LogP contribution in [0.4, 0.5) is 17.1 Å². The summed E-state index contributed by atoms with van der Waals surface area (Å²) < 4.78 is 0. The number of nitriles is 1. The summed E-state index contributed by atoms with van der Waals surface area (Å²) >= 11 is 0. The van der Waals surface area contributed by atoms with Gasteiger partial charge >= 0.3 is 0 Å². The zero-order valence-electron chi connectivity index (χ0n) is 28.0. The standard InChI is InChI=1S/C47H29N5/c48-30-33-27-28-34(29-37(33)46-50-44(31-15-3-1-4-16-31)49-45(51-46)32-17-5-2-6-18-32)52-42-25-13-11-23-40(42)47(41-24-12-14-26-43(41)52)38-21-9-7-19-35(38)36-20-8-10-22-39(36)47/h1-29H. The lowest BCUT2D eigenvalue weighted by molar-refractivity contribution is 0.752. The Bertz CT molecular complexity index is 2560. The summed E-state index contributed by atoms with van der Waals surface area (Å²) in [5, 5.41) is 10.5. The molecule has 5 heteroatoms. The van der Waals surface area contributed by atoms with E-state index in [4.69, 9.17) is 15.0 Å². The number of para-hydroxylation sites is 2. The van der Waals surface area contributed by atoms with Crippen LogP contribution in [0.25, 0.3) is 45.3 Å². The molecule has 0 bridgehead atoms. The summed E-state index contributed by atoms with van der Waals surface area (Å²) in [4.78, 5) is 17.2. The monoisotopic (exact) mass is 663 g/mol. The molecule has 8 aromatic rings. The predicted molar refractivity (Wildman–Crippen MR) is 206 cm³/mol. The highest BCUT2D eigenvalue weighted by atomic mass is 15.2. The van der Waals surface area contributed by atoms with Crippen molar-refractivity contribution < 1.29 is 0 Å². The summed E-state index contributed by atoms with van der Waals surface area (Å²) in [6.45, 7) is 0. The number of rotatable bonds is 4. The molecule has 0 radical (unpaired) electrons. The first kappa shape index (κ1) is 29.7. The van der Waals surface area contributed by atoms with E-state index in [0.717, 1.165) is 28.2 Å². The van der Waals surface area contributed by atoms with Gasteiger partial charge in [-0.1, -0.05) is 146 Å². The lowest BCUT2D eigenvalue weighted by Gasteiger charge is -2.45. The van der Waals surface area contributed by atoms with Gasteiger partial charge in [-0.15, -0.1) is 0 Å². The quantitative estimate of drug-likeness (QED) is 0.187. The topological polar surface area (TPSA) is 65.7 Å². The minimum absolute atomic E-state index is 0.444. The third kappa shape index (κ3) is 4.31. The van der Waals surface area contributed by atoms with Crippen molar-refractivity contribution in [2.24, 2.45) is 0 Å². The van der Waals surface area contributed by atoms with Crippen molar-refractivity contribution >= 4 is 17.1 Å². The molecular formula is C47H29N5. The maximum Gasteiger partial charge on any atom is 0.165 e. The van der Waals surface area contributed by atoms with Crippen molar-refractivity contribution in [2.75, 3.05) is 4.90 Å². The smallest absolute Gasteiger partial charge is 0.165 e. The van der Waals surface area contributed by atoms with E-state index < -0.39 is 5.41 Å². The van der Waals surface area contributed by atoms with Crippen LogP contribution in [0.15, 0.2) is 176 Å². The molecule has 10 rings (SSSR count). The summed E-state index contributed by atoms with van der Waals surface area (Å²) in [5.41, 5.74) is 12.9. The van der Waals surface area contributed by atoms with Crippen LogP contribution >= 0.6 is 0 Å². The minimum atomic E-state index is -0.504. The van der Waals surface area contributed by atoms with E-state index in [2.05, 4.69) is 114 Å². The zero-order valence-corrected chi connectivity index (χ0v) is 28.0. The average Bonchev–Trinajstić information content (AvgIpc) is 3.52. The molecule has 0 unspecified atom stereocenters. The molecule has 2 aliphatic rings. The second kappa shape index (κ2) is 11.7. The molecule has 5 nitrogen and oxygen atoms in total. The van der Waals surface area contributed by atoms with Crippen molar-refractivity contribution in [3.63, 3.8) is 0 Å². The van der Waals surface area contributed by atoms with Crippen LogP contribution in [0.3, 0.4) is 0 Å². The van der Waals surface area contributed by atoms with Crippen LogP contribution in [0.1, 0.15) is 27.8 Å². The maximum atomic E-state index is 10.5. The number of nitrogens with zero attached hydrogens (tertiary/aromatic N) is 5. The molecule has 1 aliphatic heterocycles. The van der Waals surface area contributed by atoms with Crippen LogP contribution in [0.5, 0.6) is 0 Å². The first-order valence-electron chi connectivity index (χ1n) is 17.4. The fraction of sp³-hybridized carbons (Fsp3) is 0.0213. The average molecular weight is 664 g/mol. The van der Waals surface area contributed by atoms with E-state index in [1.54, 1.807) is 0 Å². The van der Waals surface area contributed by atoms with Crippen LogP contribution in [0.2, 0.25) is 0 Å². The third-order valence-electron chi connectivity index (χ3n) is 10.4. The first-order valence-corrected chi connectivity index (χ1v) is 17.4. The first-order chi connectivity index (χ1) is 25.8. The second-order valence-corrected chi connectivity index (χ2v) is 13.1. The second-order valence-electron chi connectivity index (χ2n) is 13.1. The molecule has 1 aromatic heterocycles. The van der Waals surface area contributed by atoms with E-state index in [0.29, 0.717) is 28.6 Å². The van der Waals surface area contributed by atoms with E-state index >= 15 is 0 Å². The highest BCUT2D eigenvalue weighted by Gasteiger charge is 2.51. The molecule has 242 valence electrons. The zero-order chi connectivity index (χ0) is 34.6. The predicted octanol–water partition coefficient (Wildman–Crippen LogP) is 10.9. The Labute approximate surface area is 301 Å². The molecule has 0 N–H and O–H groups in total. The lowest BCUT2D eigenvalue weighted by atomic mass is 9.64. The molecule has 0 amide bonds. The molecule has 0 saturated carbocycles. The summed E-state index contributed by atoms with van der Waals surface area (Å²) in [6.07, 6.45) is 0. The molecule has 52 heavy (non-hydrogen) atoms. The Morgan fingerprint density at radius 2 is 0.865 bits per heavy atom. The van der Waals surface area contributed by atoms with Crippen molar-refractivity contribution in [2.45, 2.75) is 5.41 Å². The van der Waals surface area contributed by atoms with E-state index in [9.17, 15) is 5.26 Å². The van der Waals surface area contributed by atoms with Crippen LogP contribution in [-0.4, -0.2) is 15.0 Å². The van der Waals surface area contributed by atoms with Gasteiger partial charge in [0.1, 0.15) is 0 Å². The third-order valence-corrected chi connectivity index (χ3v) is 10.4. The highest BCUT2D eigenvalue weighted by Crippen LogP contribution is 2.63. The number of hydrogen-bond donors (Lipinski definition) is 0. The van der Waals surface area contributed by atoms with E-state index in [1.807, 2.05) is 72.8 Å². The normalized spacial score (nSPS) is 13.1. The lowest BCUT2D eigenvalue weighted by Crippen LogP contribution is -2.36. The van der Waals surface area contributed by atoms with Gasteiger partial charge in [-0.25, -0.2) is 15.0 Å². The Hall–Kier alpha value is -7.16. The molecule has 0 saturated heterocycles. The SMILES string of the molecule is N#Cc1ccc(N2c3ccccc3C3(c4ccccc4-c4ccccc43)c3ccccc32)cc1-c1nc(-c2ccccc2)nc(-c2ccccc2)n1. The van der Waals surface area contributed by atoms with Crippen LogP contribution in [0, 0.1) is 11.3 Å². The Kier molecular flexibility index (Phi) is 6.70. The van der Waals surface area contributed by atoms with Gasteiger partial charge in [-0.05, 0) is 63.7 Å². The summed E-state index contributed by atoms with van der Waals surface area (Å²) in [7, 11) is 0. The van der Waals surface area contributed by atoms with Gasteiger partial charge in [-0.3, -0.25) is 0 Å². The summed E-state index contributed by atoms with van der Waals surface area (Å²) in [5.74, 6) is 1.54. The maximum absolute atomic E-state index is 10.5. The van der Waals surface area contributed by atoms with Crippen LogP contribution < -0.4 is 4.90 Å².